The SMILES string of the molecule is CCC(=O)C(CC=NOCC(=O)O)(c1ccccc1)c1ccccc1. The summed E-state index contributed by atoms with van der Waals surface area (Å²) in [5, 5.41) is 12.3. The number of oxime groups is 1. The first kappa shape index (κ1) is 18.4. The predicted octanol–water partition coefficient (Wildman–Crippen LogP) is 3.43. The Bertz CT molecular complexity index is 686. The van der Waals surface area contributed by atoms with Gasteiger partial charge in [-0.1, -0.05) is 72.7 Å². The molecular formula is C20H21NO4. The Kier molecular flexibility index (Phi) is 6.46. The average molecular weight is 339 g/mol. The van der Waals surface area contributed by atoms with Crippen LogP contribution in [0.4, 0.5) is 0 Å². The molecule has 0 saturated carbocycles. The van der Waals surface area contributed by atoms with Gasteiger partial charge in [0.05, 0.1) is 5.41 Å². The first-order valence-corrected chi connectivity index (χ1v) is 8.11. The van der Waals surface area contributed by atoms with Crippen molar-refractivity contribution in [2.45, 2.75) is 25.2 Å². The van der Waals surface area contributed by atoms with Crippen LogP contribution >= 0.6 is 0 Å². The van der Waals surface area contributed by atoms with Crippen molar-refractivity contribution in [1.29, 1.82) is 0 Å². The zero-order valence-corrected chi connectivity index (χ0v) is 14.1. The van der Waals surface area contributed by atoms with Crippen LogP contribution in [0.2, 0.25) is 0 Å². The number of aliphatic carboxylic acids is 1. The summed E-state index contributed by atoms with van der Waals surface area (Å²) in [5.41, 5.74) is 0.864. The topological polar surface area (TPSA) is 76.0 Å². The summed E-state index contributed by atoms with van der Waals surface area (Å²) >= 11 is 0. The first-order valence-electron chi connectivity index (χ1n) is 8.11. The van der Waals surface area contributed by atoms with Gasteiger partial charge in [0.2, 0.25) is 6.61 Å². The third-order valence-corrected chi connectivity index (χ3v) is 4.06. The molecule has 0 radical (unpaired) electrons. The minimum atomic E-state index is -1.10. The average Bonchev–Trinajstić information content (AvgIpc) is 2.65. The smallest absolute Gasteiger partial charge is 0.344 e. The number of carbonyl (C=O) groups is 2. The monoisotopic (exact) mass is 339 g/mol. The number of carboxylic acids is 1. The maximum Gasteiger partial charge on any atom is 0.344 e. The van der Waals surface area contributed by atoms with Gasteiger partial charge in [-0.2, -0.15) is 0 Å². The van der Waals surface area contributed by atoms with E-state index in [1.807, 2.05) is 67.6 Å². The largest absolute Gasteiger partial charge is 0.479 e. The Morgan fingerprint density at radius 1 is 1.04 bits per heavy atom. The molecule has 2 rings (SSSR count). The van der Waals surface area contributed by atoms with Crippen LogP contribution in [0, 0.1) is 0 Å². The molecule has 0 heterocycles. The maximum atomic E-state index is 13.0. The summed E-state index contributed by atoms with van der Waals surface area (Å²) in [4.78, 5) is 28.2. The summed E-state index contributed by atoms with van der Waals surface area (Å²) in [5.74, 6) is -1.03. The number of Topliss-reactive ketones (excluding diaryl/α,β-unsaturated/α-hetero) is 1. The Labute approximate surface area is 146 Å². The molecule has 0 atom stereocenters. The minimum Gasteiger partial charge on any atom is -0.479 e. The standard InChI is InChI=1S/C20H21NO4/c1-2-18(22)20(16-9-5-3-6-10-16,17-11-7-4-8-12-17)13-14-21-25-15-19(23)24/h3-12,14H,2,13,15H2,1H3,(H,23,24). The molecule has 0 saturated heterocycles. The molecule has 2 aromatic carbocycles. The fraction of sp³-hybridized carbons (Fsp3) is 0.250. The summed E-state index contributed by atoms with van der Waals surface area (Å²) in [7, 11) is 0. The van der Waals surface area contributed by atoms with Gasteiger partial charge in [0, 0.05) is 19.1 Å². The van der Waals surface area contributed by atoms with Crippen LogP contribution in [-0.4, -0.2) is 29.7 Å². The molecule has 0 aliphatic heterocycles. The van der Waals surface area contributed by atoms with Gasteiger partial charge < -0.3 is 9.94 Å². The van der Waals surface area contributed by atoms with E-state index >= 15 is 0 Å². The molecule has 25 heavy (non-hydrogen) atoms. The van der Waals surface area contributed by atoms with E-state index < -0.39 is 18.0 Å². The van der Waals surface area contributed by atoms with Gasteiger partial charge in [0.15, 0.2) is 0 Å². The Morgan fingerprint density at radius 2 is 1.56 bits per heavy atom. The molecule has 2 aromatic rings. The van der Waals surface area contributed by atoms with Gasteiger partial charge in [-0.25, -0.2) is 4.79 Å². The molecule has 130 valence electrons. The lowest BCUT2D eigenvalue weighted by atomic mass is 9.68. The molecule has 0 unspecified atom stereocenters. The van der Waals surface area contributed by atoms with E-state index in [0.29, 0.717) is 6.42 Å². The van der Waals surface area contributed by atoms with Crippen molar-refractivity contribution in [3.8, 4) is 0 Å². The van der Waals surface area contributed by atoms with Crippen molar-refractivity contribution in [3.63, 3.8) is 0 Å². The normalized spacial score (nSPS) is 11.4. The van der Waals surface area contributed by atoms with E-state index in [1.54, 1.807) is 0 Å². The number of rotatable bonds is 9. The highest BCUT2D eigenvalue weighted by atomic mass is 16.6. The quantitative estimate of drug-likeness (QED) is 0.561. The van der Waals surface area contributed by atoms with Crippen molar-refractivity contribution in [2.24, 2.45) is 5.16 Å². The summed E-state index contributed by atoms with van der Waals surface area (Å²) in [6.07, 6.45) is 2.12. The Morgan fingerprint density at radius 3 is 2.00 bits per heavy atom. The molecule has 0 aromatic heterocycles. The second kappa shape index (κ2) is 8.78. The highest BCUT2D eigenvalue weighted by Gasteiger charge is 2.39. The fourth-order valence-electron chi connectivity index (χ4n) is 2.90. The Balaban J connectivity index is 2.45. The highest BCUT2D eigenvalue weighted by Crippen LogP contribution is 2.37. The number of nitrogens with zero attached hydrogens (tertiary/aromatic N) is 1. The molecule has 5 heteroatoms. The maximum absolute atomic E-state index is 13.0. The Hall–Kier alpha value is -2.95. The van der Waals surface area contributed by atoms with Crippen LogP contribution in [0.15, 0.2) is 65.8 Å². The number of carboxylic acid groups (broad SMARTS) is 1. The van der Waals surface area contributed by atoms with E-state index in [9.17, 15) is 9.59 Å². The fourth-order valence-corrected chi connectivity index (χ4v) is 2.90. The van der Waals surface area contributed by atoms with Gasteiger partial charge in [-0.3, -0.25) is 4.79 Å². The van der Waals surface area contributed by atoms with Gasteiger partial charge in [-0.15, -0.1) is 0 Å². The van der Waals surface area contributed by atoms with Crippen LogP contribution in [-0.2, 0) is 19.8 Å². The van der Waals surface area contributed by atoms with Gasteiger partial charge in [0.1, 0.15) is 5.78 Å². The highest BCUT2D eigenvalue weighted by molar-refractivity contribution is 5.96. The third-order valence-electron chi connectivity index (χ3n) is 4.06. The van der Waals surface area contributed by atoms with Crippen LogP contribution in [0.3, 0.4) is 0 Å². The van der Waals surface area contributed by atoms with Crippen molar-refractivity contribution in [3.05, 3.63) is 71.8 Å². The molecule has 0 fully saturated rings. The van der Waals surface area contributed by atoms with E-state index in [0.717, 1.165) is 11.1 Å². The number of ketones is 1. The predicted molar refractivity (Wildman–Crippen MR) is 95.7 cm³/mol. The number of hydrogen-bond acceptors (Lipinski definition) is 4. The van der Waals surface area contributed by atoms with Crippen LogP contribution < -0.4 is 0 Å². The molecule has 0 aliphatic rings. The van der Waals surface area contributed by atoms with Crippen molar-refractivity contribution >= 4 is 18.0 Å². The molecule has 1 N–H and O–H groups in total. The third kappa shape index (κ3) is 4.32. The second-order valence-electron chi connectivity index (χ2n) is 5.57. The lowest BCUT2D eigenvalue weighted by Crippen LogP contribution is -2.37. The zero-order chi connectivity index (χ0) is 18.1. The number of carbonyl (C=O) groups excluding carboxylic acids is 1. The van der Waals surface area contributed by atoms with E-state index in [2.05, 4.69) is 5.16 Å². The lowest BCUT2D eigenvalue weighted by Gasteiger charge is -2.32. The van der Waals surface area contributed by atoms with Crippen LogP contribution in [0.25, 0.3) is 0 Å². The second-order valence-corrected chi connectivity index (χ2v) is 5.57. The minimum absolute atomic E-state index is 0.0644. The van der Waals surface area contributed by atoms with E-state index in [1.165, 1.54) is 6.21 Å². The number of hydrogen-bond donors (Lipinski definition) is 1. The zero-order valence-electron chi connectivity index (χ0n) is 14.1. The molecule has 0 amide bonds. The molecule has 0 bridgehead atoms. The van der Waals surface area contributed by atoms with Crippen molar-refractivity contribution in [2.75, 3.05) is 6.61 Å². The van der Waals surface area contributed by atoms with Gasteiger partial charge >= 0.3 is 5.97 Å². The van der Waals surface area contributed by atoms with Crippen LogP contribution in [0.1, 0.15) is 30.9 Å². The summed E-state index contributed by atoms with van der Waals surface area (Å²) in [6.45, 7) is 1.32. The summed E-state index contributed by atoms with van der Waals surface area (Å²) in [6, 6.07) is 19.1. The molecule has 5 nitrogen and oxygen atoms in total. The van der Waals surface area contributed by atoms with Gasteiger partial charge in [-0.05, 0) is 11.1 Å². The van der Waals surface area contributed by atoms with Crippen LogP contribution in [0.5, 0.6) is 0 Å². The molecular weight excluding hydrogens is 318 g/mol. The number of benzene rings is 2. The molecule has 0 spiro atoms. The van der Waals surface area contributed by atoms with Crippen molar-refractivity contribution in [1.82, 2.24) is 0 Å². The van der Waals surface area contributed by atoms with E-state index in [4.69, 9.17) is 9.94 Å². The first-order chi connectivity index (χ1) is 12.1. The lowest BCUT2D eigenvalue weighted by molar-refractivity contribution is -0.142. The van der Waals surface area contributed by atoms with Gasteiger partial charge in [0.25, 0.3) is 0 Å². The van der Waals surface area contributed by atoms with E-state index in [-0.39, 0.29) is 12.2 Å². The summed E-state index contributed by atoms with van der Waals surface area (Å²) < 4.78 is 0. The molecule has 0 aliphatic carbocycles. The van der Waals surface area contributed by atoms with Crippen molar-refractivity contribution < 1.29 is 19.5 Å².